The Labute approximate surface area is 143 Å². The molecule has 0 saturated carbocycles. The molecule has 0 bridgehead atoms. The Kier molecular flexibility index (Phi) is 5.11. The number of fused-ring (bicyclic) bond motifs is 1. The predicted molar refractivity (Wildman–Crippen MR) is 91.4 cm³/mol. The quantitative estimate of drug-likeness (QED) is 0.794. The molecule has 1 aromatic heterocycles. The summed E-state index contributed by atoms with van der Waals surface area (Å²) in [5.41, 5.74) is 1.89. The lowest BCUT2D eigenvalue weighted by molar-refractivity contribution is 0.216. The van der Waals surface area contributed by atoms with Crippen molar-refractivity contribution in [2.24, 2.45) is 0 Å². The summed E-state index contributed by atoms with van der Waals surface area (Å²) in [4.78, 5) is 17.7. The standard InChI is InChI=1S/C17H20FN3O2S/c1-10(9-22)19-17(23)21-14-4-2-3-13-15(14)24-16(20-13)11-5-7-12(18)8-6-11/h5-8,10,14,22H,2-4,9H2,1H3,(H2,19,21,23). The van der Waals surface area contributed by atoms with Crippen molar-refractivity contribution < 1.29 is 14.3 Å². The zero-order valence-electron chi connectivity index (χ0n) is 13.4. The molecule has 1 heterocycles. The molecule has 3 N–H and O–H groups in total. The van der Waals surface area contributed by atoms with Crippen molar-refractivity contribution in [1.29, 1.82) is 0 Å². The van der Waals surface area contributed by atoms with Gasteiger partial charge in [0.25, 0.3) is 0 Å². The second-order valence-electron chi connectivity index (χ2n) is 5.98. The van der Waals surface area contributed by atoms with Gasteiger partial charge in [0.2, 0.25) is 0 Å². The van der Waals surface area contributed by atoms with Gasteiger partial charge in [-0.05, 0) is 50.5 Å². The van der Waals surface area contributed by atoms with E-state index in [-0.39, 0.29) is 30.5 Å². The summed E-state index contributed by atoms with van der Waals surface area (Å²) in [6.45, 7) is 1.64. The summed E-state index contributed by atoms with van der Waals surface area (Å²) in [5, 5.41) is 15.5. The van der Waals surface area contributed by atoms with Crippen LogP contribution in [0.5, 0.6) is 0 Å². The van der Waals surface area contributed by atoms with Crippen LogP contribution in [0.15, 0.2) is 24.3 Å². The van der Waals surface area contributed by atoms with E-state index in [0.29, 0.717) is 0 Å². The van der Waals surface area contributed by atoms with E-state index >= 15 is 0 Å². The lowest BCUT2D eigenvalue weighted by Crippen LogP contribution is -2.44. The molecule has 0 aliphatic heterocycles. The lowest BCUT2D eigenvalue weighted by Gasteiger charge is -2.23. The van der Waals surface area contributed by atoms with Crippen molar-refractivity contribution in [2.45, 2.75) is 38.3 Å². The molecular weight excluding hydrogens is 329 g/mol. The second-order valence-corrected chi connectivity index (χ2v) is 7.01. The zero-order chi connectivity index (χ0) is 17.1. The first-order valence-corrected chi connectivity index (χ1v) is 8.82. The van der Waals surface area contributed by atoms with Crippen LogP contribution in [-0.4, -0.2) is 28.8 Å². The van der Waals surface area contributed by atoms with E-state index in [0.717, 1.165) is 40.4 Å². The number of nitrogens with zero attached hydrogens (tertiary/aromatic N) is 1. The molecule has 0 radical (unpaired) electrons. The maximum Gasteiger partial charge on any atom is 0.315 e. The van der Waals surface area contributed by atoms with E-state index in [2.05, 4.69) is 15.6 Å². The molecule has 24 heavy (non-hydrogen) atoms. The van der Waals surface area contributed by atoms with Crippen LogP contribution in [0.4, 0.5) is 9.18 Å². The number of halogens is 1. The number of hydrogen-bond acceptors (Lipinski definition) is 4. The fourth-order valence-electron chi connectivity index (χ4n) is 2.74. The number of aliphatic hydroxyl groups is 1. The monoisotopic (exact) mass is 349 g/mol. The van der Waals surface area contributed by atoms with Gasteiger partial charge in [-0.3, -0.25) is 0 Å². The van der Waals surface area contributed by atoms with Crippen molar-refractivity contribution >= 4 is 17.4 Å². The molecule has 2 amide bonds. The Morgan fingerprint density at radius 1 is 1.46 bits per heavy atom. The largest absolute Gasteiger partial charge is 0.394 e. The molecule has 1 aromatic carbocycles. The van der Waals surface area contributed by atoms with Gasteiger partial charge in [0.1, 0.15) is 10.8 Å². The van der Waals surface area contributed by atoms with Crippen molar-refractivity contribution in [2.75, 3.05) is 6.61 Å². The number of aryl methyl sites for hydroxylation is 1. The van der Waals surface area contributed by atoms with E-state index in [1.165, 1.54) is 12.1 Å². The van der Waals surface area contributed by atoms with Gasteiger partial charge in [-0.1, -0.05) is 0 Å². The van der Waals surface area contributed by atoms with Crippen molar-refractivity contribution in [1.82, 2.24) is 15.6 Å². The number of aromatic nitrogens is 1. The molecule has 3 rings (SSSR count). The molecule has 0 saturated heterocycles. The van der Waals surface area contributed by atoms with Crippen molar-refractivity contribution in [3.05, 3.63) is 40.7 Å². The van der Waals surface area contributed by atoms with Crippen LogP contribution in [0.1, 0.15) is 36.4 Å². The second kappa shape index (κ2) is 7.27. The number of urea groups is 1. The van der Waals surface area contributed by atoms with Gasteiger partial charge in [-0.2, -0.15) is 0 Å². The van der Waals surface area contributed by atoms with E-state index in [1.807, 2.05) is 0 Å². The van der Waals surface area contributed by atoms with Crippen molar-refractivity contribution in [3.63, 3.8) is 0 Å². The highest BCUT2D eigenvalue weighted by atomic mass is 32.1. The number of amides is 2. The van der Waals surface area contributed by atoms with Crippen molar-refractivity contribution in [3.8, 4) is 10.6 Å². The summed E-state index contributed by atoms with van der Waals surface area (Å²) in [6, 6.07) is 5.64. The highest BCUT2D eigenvalue weighted by molar-refractivity contribution is 7.15. The van der Waals surface area contributed by atoms with E-state index in [9.17, 15) is 9.18 Å². The normalized spacial score (nSPS) is 17.9. The Bertz CT molecular complexity index is 717. The topological polar surface area (TPSA) is 74.2 Å². The van der Waals surface area contributed by atoms with Crippen LogP contribution in [0, 0.1) is 5.82 Å². The minimum atomic E-state index is -0.288. The molecule has 2 unspecified atom stereocenters. The molecule has 2 aromatic rings. The smallest absolute Gasteiger partial charge is 0.315 e. The van der Waals surface area contributed by atoms with Crippen LogP contribution in [0.2, 0.25) is 0 Å². The van der Waals surface area contributed by atoms with E-state index in [4.69, 9.17) is 5.11 Å². The highest BCUT2D eigenvalue weighted by Gasteiger charge is 2.26. The Morgan fingerprint density at radius 3 is 2.92 bits per heavy atom. The molecule has 7 heteroatoms. The van der Waals surface area contributed by atoms with Crippen LogP contribution in [0.25, 0.3) is 10.6 Å². The fourth-order valence-corrected chi connectivity index (χ4v) is 3.95. The van der Waals surface area contributed by atoms with E-state index in [1.54, 1.807) is 30.4 Å². The number of nitrogens with one attached hydrogen (secondary N) is 2. The summed E-state index contributed by atoms with van der Waals surface area (Å²) in [5.74, 6) is -0.269. The average molecular weight is 349 g/mol. The Hall–Kier alpha value is -1.99. The molecule has 1 aliphatic carbocycles. The number of rotatable bonds is 4. The Balaban J connectivity index is 1.78. The van der Waals surface area contributed by atoms with Crippen LogP contribution in [0.3, 0.4) is 0 Å². The van der Waals surface area contributed by atoms with Crippen LogP contribution >= 0.6 is 11.3 Å². The molecule has 0 fully saturated rings. The number of benzene rings is 1. The third-order valence-corrected chi connectivity index (χ3v) is 5.26. The molecule has 1 aliphatic rings. The third kappa shape index (κ3) is 3.73. The molecule has 5 nitrogen and oxygen atoms in total. The SMILES string of the molecule is CC(CO)NC(=O)NC1CCCc2nc(-c3ccc(F)cc3)sc21. The maximum atomic E-state index is 13.1. The van der Waals surface area contributed by atoms with Gasteiger partial charge in [-0.15, -0.1) is 11.3 Å². The average Bonchev–Trinajstić information content (AvgIpc) is 3.00. The highest BCUT2D eigenvalue weighted by Crippen LogP contribution is 2.37. The van der Waals surface area contributed by atoms with Gasteiger partial charge in [0, 0.05) is 5.56 Å². The third-order valence-electron chi connectivity index (χ3n) is 4.00. The first-order valence-electron chi connectivity index (χ1n) is 8.00. The Morgan fingerprint density at radius 2 is 2.21 bits per heavy atom. The number of aliphatic hydroxyl groups excluding tert-OH is 1. The van der Waals surface area contributed by atoms with Crippen LogP contribution < -0.4 is 10.6 Å². The maximum absolute atomic E-state index is 13.1. The zero-order valence-corrected chi connectivity index (χ0v) is 14.2. The molecular formula is C17H20FN3O2S. The molecule has 2 atom stereocenters. The summed E-state index contributed by atoms with van der Waals surface area (Å²) < 4.78 is 13.1. The molecule has 128 valence electrons. The lowest BCUT2D eigenvalue weighted by atomic mass is 9.98. The first kappa shape index (κ1) is 16.9. The predicted octanol–water partition coefficient (Wildman–Crippen LogP) is 3.01. The summed E-state index contributed by atoms with van der Waals surface area (Å²) in [6.07, 6.45) is 2.71. The summed E-state index contributed by atoms with van der Waals surface area (Å²) >= 11 is 1.54. The van der Waals surface area contributed by atoms with Gasteiger partial charge in [0.15, 0.2) is 0 Å². The van der Waals surface area contributed by atoms with Crippen LogP contribution in [-0.2, 0) is 6.42 Å². The number of thiazole rings is 1. The minimum Gasteiger partial charge on any atom is -0.394 e. The number of carbonyl (C=O) groups is 1. The van der Waals surface area contributed by atoms with Gasteiger partial charge < -0.3 is 15.7 Å². The summed E-state index contributed by atoms with van der Waals surface area (Å²) in [7, 11) is 0. The number of hydrogen-bond donors (Lipinski definition) is 3. The first-order chi connectivity index (χ1) is 11.6. The minimum absolute atomic E-state index is 0.0775. The van der Waals surface area contributed by atoms with Gasteiger partial charge in [-0.25, -0.2) is 14.2 Å². The number of carbonyl (C=O) groups excluding carboxylic acids is 1. The van der Waals surface area contributed by atoms with Gasteiger partial charge >= 0.3 is 6.03 Å². The van der Waals surface area contributed by atoms with Gasteiger partial charge in [0.05, 0.1) is 29.3 Å². The molecule has 0 spiro atoms. The van der Waals surface area contributed by atoms with E-state index < -0.39 is 0 Å². The fraction of sp³-hybridized carbons (Fsp3) is 0.412.